The maximum Gasteiger partial charge on any atom is 0.411 e. The summed E-state index contributed by atoms with van der Waals surface area (Å²) >= 11 is 0. The predicted molar refractivity (Wildman–Crippen MR) is 87.1 cm³/mol. The van der Waals surface area contributed by atoms with E-state index in [9.17, 15) is 9.59 Å². The third-order valence-electron chi connectivity index (χ3n) is 3.56. The van der Waals surface area contributed by atoms with Gasteiger partial charge in [0, 0.05) is 13.7 Å². The van der Waals surface area contributed by atoms with Crippen LogP contribution >= 0.6 is 0 Å². The van der Waals surface area contributed by atoms with Crippen LogP contribution in [0.3, 0.4) is 0 Å². The Morgan fingerprint density at radius 2 is 2.04 bits per heavy atom. The van der Waals surface area contributed by atoms with E-state index in [0.717, 1.165) is 5.57 Å². The van der Waals surface area contributed by atoms with Gasteiger partial charge in [-0.2, -0.15) is 0 Å². The monoisotopic (exact) mass is 325 g/mol. The molecule has 0 aromatic heterocycles. The van der Waals surface area contributed by atoms with Crippen molar-refractivity contribution in [1.29, 1.82) is 0 Å². The maximum atomic E-state index is 12.4. The van der Waals surface area contributed by atoms with E-state index < -0.39 is 23.7 Å². The molecule has 0 saturated heterocycles. The van der Waals surface area contributed by atoms with Crippen LogP contribution in [0.15, 0.2) is 24.3 Å². The average Bonchev–Trinajstić information content (AvgIpc) is 2.69. The molecular weight excluding hydrogens is 298 g/mol. The lowest BCUT2D eigenvalue weighted by molar-refractivity contribution is -0.146. The zero-order valence-corrected chi connectivity index (χ0v) is 14.6. The Morgan fingerprint density at radius 3 is 2.52 bits per heavy atom. The number of hydrogen-bond donors (Lipinski definition) is 0. The van der Waals surface area contributed by atoms with E-state index in [2.05, 4.69) is 6.58 Å². The van der Waals surface area contributed by atoms with Gasteiger partial charge >= 0.3 is 12.1 Å². The van der Waals surface area contributed by atoms with Crippen LogP contribution in [0.2, 0.25) is 0 Å². The molecule has 2 unspecified atom stereocenters. The van der Waals surface area contributed by atoms with E-state index in [1.54, 1.807) is 34.0 Å². The molecule has 0 fully saturated rings. The number of carbonyl (C=O) groups excluding carboxylic acids is 2. The summed E-state index contributed by atoms with van der Waals surface area (Å²) < 4.78 is 15.6. The lowest BCUT2D eigenvalue weighted by Gasteiger charge is -2.30. The number of amides is 1. The van der Waals surface area contributed by atoms with Crippen molar-refractivity contribution < 1.29 is 23.8 Å². The van der Waals surface area contributed by atoms with Gasteiger partial charge in [0.15, 0.2) is 0 Å². The van der Waals surface area contributed by atoms with Crippen molar-refractivity contribution in [3.63, 3.8) is 0 Å². The standard InChI is InChI=1S/C17H27NO5/c1-7-14(21-5)12-8-9-13(15(19)22-6)18(11-10-12)16(20)23-17(2,3)4/h7-8,13-14H,1,9-11H2,2-6H3. The van der Waals surface area contributed by atoms with Crippen molar-refractivity contribution >= 4 is 12.1 Å². The predicted octanol–water partition coefficient (Wildman–Crippen LogP) is 2.69. The van der Waals surface area contributed by atoms with E-state index in [0.29, 0.717) is 19.4 Å². The van der Waals surface area contributed by atoms with Gasteiger partial charge in [0.1, 0.15) is 11.6 Å². The SMILES string of the molecule is C=CC(OC)C1=CCC(C(=O)OC)N(C(=O)OC(C)(C)C)CC1. The first-order valence-corrected chi connectivity index (χ1v) is 7.65. The molecule has 0 aliphatic carbocycles. The van der Waals surface area contributed by atoms with Gasteiger partial charge in [0.05, 0.1) is 13.2 Å². The molecule has 0 N–H and O–H groups in total. The van der Waals surface area contributed by atoms with Gasteiger partial charge in [-0.05, 0) is 39.2 Å². The Hall–Kier alpha value is -1.82. The Balaban J connectivity index is 3.00. The normalized spacial score (nSPS) is 20.1. The quantitative estimate of drug-likeness (QED) is 0.587. The highest BCUT2D eigenvalue weighted by molar-refractivity contribution is 5.82. The molecule has 0 aromatic carbocycles. The highest BCUT2D eigenvalue weighted by Crippen LogP contribution is 2.23. The van der Waals surface area contributed by atoms with Gasteiger partial charge in [0.2, 0.25) is 0 Å². The number of nitrogens with zero attached hydrogens (tertiary/aromatic N) is 1. The maximum absolute atomic E-state index is 12.4. The molecule has 23 heavy (non-hydrogen) atoms. The summed E-state index contributed by atoms with van der Waals surface area (Å²) in [7, 11) is 2.91. The molecule has 0 aromatic rings. The summed E-state index contributed by atoms with van der Waals surface area (Å²) in [5, 5.41) is 0. The zero-order valence-electron chi connectivity index (χ0n) is 14.6. The molecule has 1 rings (SSSR count). The van der Waals surface area contributed by atoms with Crippen LogP contribution < -0.4 is 0 Å². The van der Waals surface area contributed by atoms with Crippen LogP contribution in [0.25, 0.3) is 0 Å². The van der Waals surface area contributed by atoms with Crippen LogP contribution in [-0.2, 0) is 19.0 Å². The lowest BCUT2D eigenvalue weighted by Crippen LogP contribution is -2.47. The second-order valence-electron chi connectivity index (χ2n) is 6.37. The third kappa shape index (κ3) is 5.39. The number of carbonyl (C=O) groups is 2. The van der Waals surface area contributed by atoms with E-state index >= 15 is 0 Å². The summed E-state index contributed by atoms with van der Waals surface area (Å²) in [6.07, 6.45) is 3.80. The van der Waals surface area contributed by atoms with Crippen molar-refractivity contribution in [2.75, 3.05) is 20.8 Å². The summed E-state index contributed by atoms with van der Waals surface area (Å²) in [4.78, 5) is 25.9. The highest BCUT2D eigenvalue weighted by Gasteiger charge is 2.35. The highest BCUT2D eigenvalue weighted by atomic mass is 16.6. The number of rotatable bonds is 4. The summed E-state index contributed by atoms with van der Waals surface area (Å²) in [5.41, 5.74) is 0.360. The molecule has 130 valence electrons. The molecule has 1 heterocycles. The first-order valence-electron chi connectivity index (χ1n) is 7.65. The van der Waals surface area contributed by atoms with Gasteiger partial charge in [-0.15, -0.1) is 6.58 Å². The number of esters is 1. The first-order chi connectivity index (χ1) is 10.7. The van der Waals surface area contributed by atoms with Crippen LogP contribution in [0.4, 0.5) is 4.79 Å². The second-order valence-corrected chi connectivity index (χ2v) is 6.37. The van der Waals surface area contributed by atoms with Crippen LogP contribution in [0.5, 0.6) is 0 Å². The Bertz CT molecular complexity index is 478. The van der Waals surface area contributed by atoms with Gasteiger partial charge in [-0.3, -0.25) is 4.90 Å². The first kappa shape index (κ1) is 19.2. The summed E-state index contributed by atoms with van der Waals surface area (Å²) in [5.74, 6) is -0.457. The fourth-order valence-corrected chi connectivity index (χ4v) is 2.45. The zero-order chi connectivity index (χ0) is 17.6. The van der Waals surface area contributed by atoms with Crippen LogP contribution in [0, 0.1) is 0 Å². The molecule has 0 bridgehead atoms. The minimum atomic E-state index is -0.699. The number of hydrogen-bond acceptors (Lipinski definition) is 5. The van der Waals surface area contributed by atoms with Crippen molar-refractivity contribution in [2.45, 2.75) is 51.4 Å². The number of methoxy groups -OCH3 is 2. The van der Waals surface area contributed by atoms with Crippen molar-refractivity contribution in [2.24, 2.45) is 0 Å². The summed E-state index contributed by atoms with van der Waals surface area (Å²) in [6, 6.07) is -0.699. The van der Waals surface area contributed by atoms with Crippen LogP contribution in [0.1, 0.15) is 33.6 Å². The van der Waals surface area contributed by atoms with Gasteiger partial charge in [0.25, 0.3) is 0 Å². The van der Waals surface area contributed by atoms with Gasteiger partial charge < -0.3 is 14.2 Å². The molecule has 6 heteroatoms. The molecule has 6 nitrogen and oxygen atoms in total. The molecule has 0 saturated carbocycles. The van der Waals surface area contributed by atoms with Crippen LogP contribution in [-0.4, -0.2) is 55.5 Å². The topological polar surface area (TPSA) is 65.1 Å². The fraction of sp³-hybridized carbons (Fsp3) is 0.647. The molecule has 1 aliphatic heterocycles. The lowest BCUT2D eigenvalue weighted by atomic mass is 10.1. The molecule has 1 amide bonds. The Labute approximate surface area is 138 Å². The van der Waals surface area contributed by atoms with E-state index in [-0.39, 0.29) is 6.10 Å². The minimum Gasteiger partial charge on any atom is -0.467 e. The molecule has 0 radical (unpaired) electrons. The fourth-order valence-electron chi connectivity index (χ4n) is 2.45. The minimum absolute atomic E-state index is 0.230. The third-order valence-corrected chi connectivity index (χ3v) is 3.56. The van der Waals surface area contributed by atoms with Crippen molar-refractivity contribution in [3.8, 4) is 0 Å². The molecule has 1 aliphatic rings. The summed E-state index contributed by atoms with van der Waals surface area (Å²) in [6.45, 7) is 9.47. The largest absolute Gasteiger partial charge is 0.467 e. The Kier molecular flexibility index (Phi) is 6.81. The van der Waals surface area contributed by atoms with E-state index in [1.165, 1.54) is 12.0 Å². The second kappa shape index (κ2) is 8.15. The number of ether oxygens (including phenoxy) is 3. The smallest absolute Gasteiger partial charge is 0.411 e. The molecule has 2 atom stereocenters. The molecule has 0 spiro atoms. The molecular formula is C17H27NO5. The average molecular weight is 325 g/mol. The van der Waals surface area contributed by atoms with Crippen molar-refractivity contribution in [3.05, 3.63) is 24.3 Å². The van der Waals surface area contributed by atoms with Gasteiger partial charge in [-0.25, -0.2) is 9.59 Å². The Morgan fingerprint density at radius 1 is 1.39 bits per heavy atom. The van der Waals surface area contributed by atoms with Gasteiger partial charge in [-0.1, -0.05) is 12.2 Å². The van der Waals surface area contributed by atoms with E-state index in [1.807, 2.05) is 6.08 Å². The van der Waals surface area contributed by atoms with Crippen molar-refractivity contribution in [1.82, 2.24) is 4.90 Å². The van der Waals surface area contributed by atoms with E-state index in [4.69, 9.17) is 14.2 Å².